The molecular formula is C18H24N8O5S3. The summed E-state index contributed by atoms with van der Waals surface area (Å²) in [5, 5.41) is 17.7. The van der Waals surface area contributed by atoms with E-state index < -0.39 is 50.1 Å². The molecule has 2 fully saturated rings. The molecule has 0 saturated carbocycles. The molecule has 0 bridgehead atoms. The van der Waals surface area contributed by atoms with Crippen molar-refractivity contribution in [3.05, 3.63) is 28.2 Å². The lowest BCUT2D eigenvalue weighted by Gasteiger charge is -2.44. The van der Waals surface area contributed by atoms with Crippen molar-refractivity contribution in [2.45, 2.75) is 49.0 Å². The molecule has 4 N–H and O–H groups in total. The van der Waals surface area contributed by atoms with Gasteiger partial charge in [0.1, 0.15) is 23.5 Å². The molecule has 34 heavy (non-hydrogen) atoms. The highest BCUT2D eigenvalue weighted by Gasteiger charge is 2.64. The van der Waals surface area contributed by atoms with Gasteiger partial charge in [0.15, 0.2) is 5.82 Å². The zero-order valence-corrected chi connectivity index (χ0v) is 21.0. The number of carbonyl (C=O) groups is 3. The fourth-order valence-electron chi connectivity index (χ4n) is 4.01. The first-order valence-corrected chi connectivity index (χ1v) is 13.7. The van der Waals surface area contributed by atoms with Crippen LogP contribution < -0.4 is 16.4 Å². The van der Waals surface area contributed by atoms with Crippen LogP contribution in [0.4, 0.5) is 0 Å². The highest BCUT2D eigenvalue weighted by molar-refractivity contribution is 8.01. The number of rotatable bonds is 8. The largest absolute Gasteiger partial charge is 0.340 e. The van der Waals surface area contributed by atoms with Crippen molar-refractivity contribution in [1.29, 1.82) is 0 Å². The smallest absolute Gasteiger partial charge is 0.256 e. The van der Waals surface area contributed by atoms with E-state index in [1.165, 1.54) is 34.9 Å². The van der Waals surface area contributed by atoms with Gasteiger partial charge in [-0.25, -0.2) is 8.42 Å². The standard InChI is InChI=1S/C18H24N8O5S3/c1-4-34(30,31)26-14(22-23-24-26)13-18(2,3)33-17-12(16(29)25(13)17)21-15(28)11(20-10(27)8-19)9-6-5-7-32-9/h5-7,11-13,17H,4,8,19H2,1-3H3,(H,20,27)(H,21,28)/t11?,12?,13?,17-/m1/s1. The summed E-state index contributed by atoms with van der Waals surface area (Å²) in [5.41, 5.74) is 5.38. The minimum Gasteiger partial charge on any atom is -0.340 e. The normalized spacial score (nSPS) is 24.3. The van der Waals surface area contributed by atoms with Crippen LogP contribution in [0.3, 0.4) is 0 Å². The number of tetrazole rings is 1. The van der Waals surface area contributed by atoms with Crippen LogP contribution in [0.15, 0.2) is 17.5 Å². The number of nitrogens with one attached hydrogen (secondary N) is 2. The fraction of sp³-hybridized carbons (Fsp3) is 0.556. The average Bonchev–Trinajstić information content (AvgIpc) is 3.53. The molecule has 4 heterocycles. The molecule has 0 aromatic carbocycles. The number of hydrogen-bond donors (Lipinski definition) is 3. The van der Waals surface area contributed by atoms with E-state index in [0.717, 1.165) is 4.09 Å². The second kappa shape index (κ2) is 8.90. The van der Waals surface area contributed by atoms with E-state index in [0.29, 0.717) is 4.88 Å². The Morgan fingerprint density at radius 3 is 2.71 bits per heavy atom. The van der Waals surface area contributed by atoms with E-state index in [2.05, 4.69) is 26.2 Å². The van der Waals surface area contributed by atoms with Gasteiger partial charge < -0.3 is 21.3 Å². The molecule has 16 heteroatoms. The van der Waals surface area contributed by atoms with Gasteiger partial charge in [-0.3, -0.25) is 14.4 Å². The zero-order valence-electron chi connectivity index (χ0n) is 18.5. The maximum absolute atomic E-state index is 13.2. The van der Waals surface area contributed by atoms with Gasteiger partial charge in [-0.1, -0.05) is 6.07 Å². The third kappa shape index (κ3) is 4.08. The molecule has 3 amide bonds. The Hall–Kier alpha value is -2.56. The molecule has 2 aliphatic rings. The van der Waals surface area contributed by atoms with Crippen molar-refractivity contribution in [2.75, 3.05) is 12.3 Å². The number of nitrogens with two attached hydrogens (primary N) is 1. The highest BCUT2D eigenvalue weighted by atomic mass is 32.2. The molecule has 0 aliphatic carbocycles. The topological polar surface area (TPSA) is 182 Å². The minimum absolute atomic E-state index is 0.0478. The molecule has 13 nitrogen and oxygen atoms in total. The van der Waals surface area contributed by atoms with Crippen molar-refractivity contribution < 1.29 is 22.8 Å². The van der Waals surface area contributed by atoms with Crippen LogP contribution in [-0.2, 0) is 24.4 Å². The summed E-state index contributed by atoms with van der Waals surface area (Å²) in [5.74, 6) is -1.59. The van der Waals surface area contributed by atoms with E-state index >= 15 is 0 Å². The average molecular weight is 529 g/mol. The highest BCUT2D eigenvalue weighted by Crippen LogP contribution is 2.57. The lowest BCUT2D eigenvalue weighted by molar-refractivity contribution is -0.152. The Morgan fingerprint density at radius 2 is 2.09 bits per heavy atom. The van der Waals surface area contributed by atoms with Crippen LogP contribution in [0.2, 0.25) is 0 Å². The van der Waals surface area contributed by atoms with Crippen LogP contribution in [0.5, 0.6) is 0 Å². The van der Waals surface area contributed by atoms with Crippen molar-refractivity contribution in [2.24, 2.45) is 5.73 Å². The van der Waals surface area contributed by atoms with Crippen LogP contribution in [-0.4, -0.2) is 79.1 Å². The lowest BCUT2D eigenvalue weighted by Crippen LogP contribution is -2.68. The summed E-state index contributed by atoms with van der Waals surface area (Å²) in [6, 6.07) is 0.892. The fourth-order valence-corrected chi connectivity index (χ4v) is 7.22. The maximum atomic E-state index is 13.2. The minimum atomic E-state index is -3.78. The van der Waals surface area contributed by atoms with Crippen molar-refractivity contribution >= 4 is 50.8 Å². The summed E-state index contributed by atoms with van der Waals surface area (Å²) in [7, 11) is -3.78. The predicted octanol–water partition coefficient (Wildman–Crippen LogP) is -1.03. The van der Waals surface area contributed by atoms with Gasteiger partial charge in [-0.15, -0.1) is 32.3 Å². The molecule has 2 aromatic rings. The van der Waals surface area contributed by atoms with Gasteiger partial charge in [0.05, 0.1) is 12.3 Å². The van der Waals surface area contributed by atoms with Crippen molar-refractivity contribution in [3.63, 3.8) is 0 Å². The number of thioether (sulfide) groups is 1. The Morgan fingerprint density at radius 1 is 1.35 bits per heavy atom. The van der Waals surface area contributed by atoms with Crippen LogP contribution >= 0.6 is 23.1 Å². The molecule has 0 spiro atoms. The Kier molecular flexibility index (Phi) is 6.43. The molecule has 4 rings (SSSR count). The van der Waals surface area contributed by atoms with Crippen LogP contribution in [0, 0.1) is 0 Å². The Balaban J connectivity index is 1.57. The summed E-state index contributed by atoms with van der Waals surface area (Å²) in [4.78, 5) is 40.2. The van der Waals surface area contributed by atoms with E-state index in [1.807, 2.05) is 13.8 Å². The van der Waals surface area contributed by atoms with Crippen molar-refractivity contribution in [3.8, 4) is 0 Å². The molecular weight excluding hydrogens is 504 g/mol. The number of aromatic nitrogens is 4. The lowest BCUT2D eigenvalue weighted by atomic mass is 9.95. The predicted molar refractivity (Wildman–Crippen MR) is 124 cm³/mol. The monoisotopic (exact) mass is 528 g/mol. The molecule has 2 saturated heterocycles. The Bertz CT molecular complexity index is 1210. The van der Waals surface area contributed by atoms with Gasteiger partial charge >= 0.3 is 0 Å². The number of nitrogens with zero attached hydrogens (tertiary/aromatic N) is 5. The summed E-state index contributed by atoms with van der Waals surface area (Å²) in [6.45, 7) is 4.92. The molecule has 0 radical (unpaired) electrons. The van der Waals surface area contributed by atoms with E-state index in [1.54, 1.807) is 17.5 Å². The van der Waals surface area contributed by atoms with Crippen LogP contribution in [0.25, 0.3) is 0 Å². The van der Waals surface area contributed by atoms with Crippen molar-refractivity contribution in [1.82, 2.24) is 35.1 Å². The number of amides is 3. The third-order valence-electron chi connectivity index (χ3n) is 5.66. The summed E-state index contributed by atoms with van der Waals surface area (Å²) >= 11 is 2.70. The van der Waals surface area contributed by atoms with E-state index in [4.69, 9.17) is 5.73 Å². The zero-order chi connectivity index (χ0) is 24.8. The SMILES string of the molecule is CCS(=O)(=O)n1nnnc1C1N2C(=O)C(NC(=O)C(NC(=O)CN)c3cccs3)[C@H]2SC1(C)C. The second-order valence-corrected chi connectivity index (χ2v) is 13.1. The molecule has 3 unspecified atom stereocenters. The van der Waals surface area contributed by atoms with E-state index in [-0.39, 0.29) is 24.0 Å². The van der Waals surface area contributed by atoms with Gasteiger partial charge in [0.2, 0.25) is 17.7 Å². The van der Waals surface area contributed by atoms with Crippen LogP contribution in [0.1, 0.15) is 43.6 Å². The quantitative estimate of drug-likeness (QED) is 0.358. The number of β-lactam (4-membered cyclic amide) rings is 1. The second-order valence-electron chi connectivity index (χ2n) is 8.25. The first-order valence-electron chi connectivity index (χ1n) is 10.4. The first kappa shape index (κ1) is 24.6. The van der Waals surface area contributed by atoms with Gasteiger partial charge in [-0.05, 0) is 42.6 Å². The van der Waals surface area contributed by atoms with Gasteiger partial charge in [0.25, 0.3) is 10.0 Å². The number of thiophene rings is 1. The number of hydrogen-bond acceptors (Lipinski definition) is 11. The molecule has 2 aliphatic heterocycles. The molecule has 2 aromatic heterocycles. The van der Waals surface area contributed by atoms with Gasteiger partial charge in [0, 0.05) is 9.62 Å². The Labute approximate surface area is 203 Å². The van der Waals surface area contributed by atoms with E-state index in [9.17, 15) is 22.8 Å². The summed E-state index contributed by atoms with van der Waals surface area (Å²) in [6.07, 6.45) is 0. The summed E-state index contributed by atoms with van der Waals surface area (Å²) < 4.78 is 25.1. The number of carbonyl (C=O) groups excluding carboxylic acids is 3. The molecule has 184 valence electrons. The first-order chi connectivity index (χ1) is 16.0. The molecule has 4 atom stereocenters. The maximum Gasteiger partial charge on any atom is 0.256 e. The number of fused-ring (bicyclic) bond motifs is 1. The third-order valence-corrected chi connectivity index (χ3v) is 9.68. The van der Waals surface area contributed by atoms with Gasteiger partial charge in [-0.2, -0.15) is 0 Å².